The molecule has 0 saturated carbocycles. The molecule has 0 unspecified atom stereocenters. The van der Waals surface area contributed by atoms with E-state index in [9.17, 15) is 13.2 Å². The van der Waals surface area contributed by atoms with Gasteiger partial charge in [0.1, 0.15) is 6.54 Å². The topological polar surface area (TPSA) is 66.5 Å². The molecule has 0 bridgehead atoms. The molecule has 1 amide bonds. The van der Waals surface area contributed by atoms with Gasteiger partial charge in [0.05, 0.1) is 16.6 Å². The van der Waals surface area contributed by atoms with Crippen molar-refractivity contribution in [3.63, 3.8) is 0 Å². The minimum atomic E-state index is -3.94. The SMILES string of the molecule is Cc1ccc(S(=O)(=O)N(CC(=O)N[C@H](C)c2ccc(C)cc2C)c2ccc(Br)cc2)cc1. The van der Waals surface area contributed by atoms with Crippen LogP contribution in [0.3, 0.4) is 0 Å². The van der Waals surface area contributed by atoms with Crippen molar-refractivity contribution >= 4 is 37.5 Å². The maximum Gasteiger partial charge on any atom is 0.264 e. The number of aryl methyl sites for hydroxylation is 3. The normalized spacial score (nSPS) is 12.3. The fourth-order valence-corrected chi connectivity index (χ4v) is 5.25. The summed E-state index contributed by atoms with van der Waals surface area (Å²) in [5.74, 6) is -0.379. The molecule has 7 heteroatoms. The Hall–Kier alpha value is -2.64. The number of anilines is 1. The van der Waals surface area contributed by atoms with Crippen molar-refractivity contribution in [3.05, 3.63) is 93.5 Å². The van der Waals surface area contributed by atoms with Gasteiger partial charge in [-0.3, -0.25) is 9.10 Å². The largest absolute Gasteiger partial charge is 0.348 e. The second kappa shape index (κ2) is 9.88. The number of rotatable bonds is 7. The van der Waals surface area contributed by atoms with E-state index in [-0.39, 0.29) is 23.4 Å². The van der Waals surface area contributed by atoms with Crippen LogP contribution in [0.5, 0.6) is 0 Å². The van der Waals surface area contributed by atoms with E-state index in [4.69, 9.17) is 0 Å². The van der Waals surface area contributed by atoms with Crippen LogP contribution in [0.15, 0.2) is 76.1 Å². The van der Waals surface area contributed by atoms with Crippen molar-refractivity contribution in [1.29, 1.82) is 0 Å². The molecule has 1 atom stereocenters. The van der Waals surface area contributed by atoms with Crippen LogP contribution in [0.2, 0.25) is 0 Å². The zero-order valence-electron chi connectivity index (χ0n) is 18.6. The molecule has 0 radical (unpaired) electrons. The summed E-state index contributed by atoms with van der Waals surface area (Å²) in [6.07, 6.45) is 0. The fourth-order valence-electron chi connectivity index (χ4n) is 3.57. The summed E-state index contributed by atoms with van der Waals surface area (Å²) in [6.45, 7) is 7.49. The molecule has 0 aliphatic carbocycles. The minimum absolute atomic E-state index is 0.140. The smallest absolute Gasteiger partial charge is 0.264 e. The molecule has 32 heavy (non-hydrogen) atoms. The highest BCUT2D eigenvalue weighted by Crippen LogP contribution is 2.26. The van der Waals surface area contributed by atoms with Crippen LogP contribution < -0.4 is 9.62 Å². The number of carbonyl (C=O) groups is 1. The van der Waals surface area contributed by atoms with E-state index in [2.05, 4.69) is 27.3 Å². The van der Waals surface area contributed by atoms with E-state index in [0.717, 1.165) is 31.0 Å². The first-order valence-corrected chi connectivity index (χ1v) is 12.5. The third kappa shape index (κ3) is 5.58. The Morgan fingerprint density at radius 3 is 2.12 bits per heavy atom. The lowest BCUT2D eigenvalue weighted by atomic mass is 10.0. The predicted octanol–water partition coefficient (Wildman–Crippen LogP) is 5.45. The van der Waals surface area contributed by atoms with E-state index >= 15 is 0 Å². The highest BCUT2D eigenvalue weighted by molar-refractivity contribution is 9.10. The summed E-state index contributed by atoms with van der Waals surface area (Å²) in [5.41, 5.74) is 4.60. The first-order chi connectivity index (χ1) is 15.1. The van der Waals surface area contributed by atoms with Crippen molar-refractivity contribution in [3.8, 4) is 0 Å². The van der Waals surface area contributed by atoms with E-state index in [1.54, 1.807) is 48.5 Å². The second-order valence-electron chi connectivity index (χ2n) is 7.95. The van der Waals surface area contributed by atoms with Crippen molar-refractivity contribution in [1.82, 2.24) is 5.32 Å². The second-order valence-corrected chi connectivity index (χ2v) is 10.7. The molecule has 5 nitrogen and oxygen atoms in total. The molecule has 0 heterocycles. The molecule has 168 valence electrons. The van der Waals surface area contributed by atoms with Crippen LogP contribution in [-0.4, -0.2) is 20.9 Å². The average molecular weight is 515 g/mol. The predicted molar refractivity (Wildman–Crippen MR) is 132 cm³/mol. The number of hydrogen-bond donors (Lipinski definition) is 1. The van der Waals surface area contributed by atoms with E-state index < -0.39 is 10.0 Å². The van der Waals surface area contributed by atoms with Crippen molar-refractivity contribution in [2.24, 2.45) is 0 Å². The van der Waals surface area contributed by atoms with E-state index in [1.807, 2.05) is 39.8 Å². The number of amides is 1. The van der Waals surface area contributed by atoms with Gasteiger partial charge in [0.25, 0.3) is 10.0 Å². The molecule has 3 aromatic rings. The molecule has 0 aliphatic rings. The quantitative estimate of drug-likeness (QED) is 0.455. The number of halogens is 1. The summed E-state index contributed by atoms with van der Waals surface area (Å²) in [4.78, 5) is 13.1. The van der Waals surface area contributed by atoms with Crippen LogP contribution in [0.4, 0.5) is 5.69 Å². The number of nitrogens with zero attached hydrogens (tertiary/aromatic N) is 1. The van der Waals surface area contributed by atoms with Gasteiger partial charge in [-0.05, 0) is 75.2 Å². The van der Waals surface area contributed by atoms with Gasteiger partial charge in [0.15, 0.2) is 0 Å². The Morgan fingerprint density at radius 1 is 0.938 bits per heavy atom. The van der Waals surface area contributed by atoms with Gasteiger partial charge < -0.3 is 5.32 Å². The van der Waals surface area contributed by atoms with E-state index in [1.165, 1.54) is 0 Å². The van der Waals surface area contributed by atoms with Gasteiger partial charge in [-0.2, -0.15) is 0 Å². The molecular formula is C25H27BrN2O3S. The Balaban J connectivity index is 1.89. The summed E-state index contributed by atoms with van der Waals surface area (Å²) in [7, 11) is -3.94. The van der Waals surface area contributed by atoms with Gasteiger partial charge in [-0.15, -0.1) is 0 Å². The van der Waals surface area contributed by atoms with Crippen molar-refractivity contribution in [2.45, 2.75) is 38.6 Å². The fraction of sp³-hybridized carbons (Fsp3) is 0.240. The van der Waals surface area contributed by atoms with Crippen molar-refractivity contribution in [2.75, 3.05) is 10.8 Å². The summed E-state index contributed by atoms with van der Waals surface area (Å²) >= 11 is 3.37. The summed E-state index contributed by atoms with van der Waals surface area (Å²) in [6, 6.07) is 19.3. The van der Waals surface area contributed by atoms with Crippen LogP contribution in [0.1, 0.15) is 35.2 Å². The van der Waals surface area contributed by atoms with Gasteiger partial charge in [-0.25, -0.2) is 8.42 Å². The van der Waals surface area contributed by atoms with Gasteiger partial charge >= 0.3 is 0 Å². The highest BCUT2D eigenvalue weighted by atomic mass is 79.9. The Labute approximate surface area is 198 Å². The maximum atomic E-state index is 13.4. The van der Waals surface area contributed by atoms with Crippen LogP contribution in [-0.2, 0) is 14.8 Å². The van der Waals surface area contributed by atoms with Gasteiger partial charge in [0, 0.05) is 4.47 Å². The first kappa shape index (κ1) is 24.0. The third-order valence-electron chi connectivity index (χ3n) is 5.28. The molecule has 0 aromatic heterocycles. The third-order valence-corrected chi connectivity index (χ3v) is 7.60. The van der Waals surface area contributed by atoms with E-state index in [0.29, 0.717) is 5.69 Å². The minimum Gasteiger partial charge on any atom is -0.348 e. The lowest BCUT2D eigenvalue weighted by Crippen LogP contribution is -2.41. The maximum absolute atomic E-state index is 13.4. The molecule has 1 N–H and O–H groups in total. The summed E-state index contributed by atoms with van der Waals surface area (Å²) in [5, 5.41) is 2.95. The standard InChI is InChI=1S/C25H27BrN2O3S/c1-17-5-12-23(13-6-17)32(30,31)28(22-10-8-21(26)9-11-22)16-25(29)27-20(4)24-14-7-18(2)15-19(24)3/h5-15,20H,16H2,1-4H3,(H,27,29)/t20-/m1/s1. The summed E-state index contributed by atoms with van der Waals surface area (Å²) < 4.78 is 28.9. The molecule has 0 spiro atoms. The van der Waals surface area contributed by atoms with Gasteiger partial charge in [-0.1, -0.05) is 57.4 Å². The lowest BCUT2D eigenvalue weighted by Gasteiger charge is -2.25. The Kier molecular flexibility index (Phi) is 7.41. The van der Waals surface area contributed by atoms with Gasteiger partial charge in [0.2, 0.25) is 5.91 Å². The van der Waals surface area contributed by atoms with Crippen molar-refractivity contribution < 1.29 is 13.2 Å². The molecule has 0 aliphatic heterocycles. The monoisotopic (exact) mass is 514 g/mol. The zero-order chi connectivity index (χ0) is 23.5. The van der Waals surface area contributed by atoms with Crippen LogP contribution in [0.25, 0.3) is 0 Å². The number of nitrogens with one attached hydrogen (secondary N) is 1. The molecule has 3 aromatic carbocycles. The number of benzene rings is 3. The number of sulfonamides is 1. The number of hydrogen-bond acceptors (Lipinski definition) is 3. The molecular weight excluding hydrogens is 488 g/mol. The lowest BCUT2D eigenvalue weighted by molar-refractivity contribution is -0.120. The highest BCUT2D eigenvalue weighted by Gasteiger charge is 2.27. The number of carbonyl (C=O) groups excluding carboxylic acids is 1. The van der Waals surface area contributed by atoms with Crippen LogP contribution >= 0.6 is 15.9 Å². The zero-order valence-corrected chi connectivity index (χ0v) is 21.0. The first-order valence-electron chi connectivity index (χ1n) is 10.3. The Bertz CT molecular complexity index is 1210. The molecule has 3 rings (SSSR count). The molecule has 0 fully saturated rings. The molecule has 0 saturated heterocycles. The Morgan fingerprint density at radius 2 is 1.53 bits per heavy atom. The average Bonchev–Trinajstić information content (AvgIpc) is 2.73. The van der Waals surface area contributed by atoms with Crippen LogP contribution in [0, 0.1) is 20.8 Å².